The van der Waals surface area contributed by atoms with E-state index in [0.29, 0.717) is 11.1 Å². The number of likely N-dealkylation sites (N-methyl/N-ethyl adjacent to an activating group) is 1. The summed E-state index contributed by atoms with van der Waals surface area (Å²) in [6.07, 6.45) is 0. The van der Waals surface area contributed by atoms with Crippen molar-refractivity contribution in [3.63, 3.8) is 0 Å². The maximum absolute atomic E-state index is 12.3. The Labute approximate surface area is 118 Å². The van der Waals surface area contributed by atoms with Gasteiger partial charge < -0.3 is 20.7 Å². The van der Waals surface area contributed by atoms with Crippen LogP contribution in [-0.4, -0.2) is 59.5 Å². The number of carbonyl (C=O) groups is 1. The van der Waals surface area contributed by atoms with Gasteiger partial charge >= 0.3 is 0 Å². The van der Waals surface area contributed by atoms with Crippen LogP contribution in [0.5, 0.6) is 0 Å². The van der Waals surface area contributed by atoms with E-state index in [-0.39, 0.29) is 11.7 Å². The number of amides is 1. The lowest BCUT2D eigenvalue weighted by molar-refractivity contribution is 0.0643. The summed E-state index contributed by atoms with van der Waals surface area (Å²) in [4.78, 5) is 16.5. The monoisotopic (exact) mass is 276 g/mol. The van der Waals surface area contributed by atoms with Crippen molar-refractivity contribution in [3.8, 4) is 0 Å². The minimum absolute atomic E-state index is 0.0341. The summed E-state index contributed by atoms with van der Waals surface area (Å²) >= 11 is 0. The van der Waals surface area contributed by atoms with E-state index < -0.39 is 0 Å². The van der Waals surface area contributed by atoms with Gasteiger partial charge in [-0.1, -0.05) is 24.2 Å². The summed E-state index contributed by atoms with van der Waals surface area (Å²) in [6.45, 7) is 6.51. The summed E-state index contributed by atoms with van der Waals surface area (Å²) in [7, 11) is 0. The third-order valence-corrected chi connectivity index (χ3v) is 3.64. The van der Waals surface area contributed by atoms with Gasteiger partial charge in [0, 0.05) is 37.3 Å². The number of carbonyl (C=O) groups excluding carboxylic acids is 1. The summed E-state index contributed by atoms with van der Waals surface area (Å²) < 4.78 is 0. The summed E-state index contributed by atoms with van der Waals surface area (Å²) in [6, 6.07) is 6.79. The number of piperazine rings is 1. The molecule has 0 spiro atoms. The van der Waals surface area contributed by atoms with E-state index in [4.69, 9.17) is 10.9 Å². The molecule has 1 aliphatic heterocycles. The Bertz CT molecular complexity index is 490. The lowest BCUT2D eigenvalue weighted by Crippen LogP contribution is -2.48. The highest BCUT2D eigenvalue weighted by Gasteiger charge is 2.21. The molecule has 1 aliphatic rings. The molecule has 1 fully saturated rings. The molecule has 0 atom stereocenters. The fraction of sp³-hybridized carbons (Fsp3) is 0.429. The number of hydrogen-bond acceptors (Lipinski definition) is 4. The molecule has 0 bridgehead atoms. The molecule has 1 amide bonds. The van der Waals surface area contributed by atoms with Gasteiger partial charge in [-0.05, 0) is 18.7 Å². The quantitative estimate of drug-likeness (QED) is 0.366. The van der Waals surface area contributed by atoms with Crippen LogP contribution in [0.15, 0.2) is 29.4 Å². The van der Waals surface area contributed by atoms with Crippen molar-refractivity contribution in [2.45, 2.75) is 6.92 Å². The number of amidine groups is 1. The van der Waals surface area contributed by atoms with E-state index in [0.717, 1.165) is 32.7 Å². The first-order valence-electron chi connectivity index (χ1n) is 6.75. The van der Waals surface area contributed by atoms with Gasteiger partial charge in [-0.25, -0.2) is 0 Å². The Morgan fingerprint density at radius 1 is 1.20 bits per heavy atom. The average Bonchev–Trinajstić information content (AvgIpc) is 2.53. The maximum Gasteiger partial charge on any atom is 0.253 e. The van der Waals surface area contributed by atoms with Crippen LogP contribution in [-0.2, 0) is 0 Å². The highest BCUT2D eigenvalue weighted by molar-refractivity contribution is 5.99. The Hall–Kier alpha value is -2.08. The fourth-order valence-electron chi connectivity index (χ4n) is 2.29. The highest BCUT2D eigenvalue weighted by atomic mass is 16.4. The van der Waals surface area contributed by atoms with Gasteiger partial charge in [-0.15, -0.1) is 0 Å². The molecule has 1 heterocycles. The smallest absolute Gasteiger partial charge is 0.253 e. The summed E-state index contributed by atoms with van der Waals surface area (Å²) in [5, 5.41) is 11.5. The lowest BCUT2D eigenvalue weighted by Gasteiger charge is -2.34. The number of benzene rings is 1. The van der Waals surface area contributed by atoms with E-state index >= 15 is 0 Å². The zero-order valence-corrected chi connectivity index (χ0v) is 11.6. The Morgan fingerprint density at radius 3 is 2.25 bits per heavy atom. The van der Waals surface area contributed by atoms with E-state index in [9.17, 15) is 4.79 Å². The Balaban J connectivity index is 2.03. The summed E-state index contributed by atoms with van der Waals surface area (Å²) in [5.41, 5.74) is 6.72. The van der Waals surface area contributed by atoms with Crippen LogP contribution in [0.3, 0.4) is 0 Å². The Kier molecular flexibility index (Phi) is 4.57. The van der Waals surface area contributed by atoms with Crippen LogP contribution < -0.4 is 5.73 Å². The van der Waals surface area contributed by atoms with Crippen LogP contribution in [0.4, 0.5) is 0 Å². The molecule has 1 aromatic rings. The molecular weight excluding hydrogens is 256 g/mol. The number of rotatable bonds is 3. The van der Waals surface area contributed by atoms with Crippen molar-refractivity contribution in [3.05, 3.63) is 35.4 Å². The molecule has 0 aromatic heterocycles. The average molecular weight is 276 g/mol. The summed E-state index contributed by atoms with van der Waals surface area (Å²) in [5.74, 6) is 0.0763. The lowest BCUT2D eigenvalue weighted by atomic mass is 10.1. The molecular formula is C14H20N4O2. The molecule has 0 saturated carbocycles. The van der Waals surface area contributed by atoms with Gasteiger partial charge in [0.05, 0.1) is 0 Å². The largest absolute Gasteiger partial charge is 0.409 e. The first-order valence-corrected chi connectivity index (χ1v) is 6.75. The molecule has 1 aromatic carbocycles. The van der Waals surface area contributed by atoms with Crippen molar-refractivity contribution in [2.24, 2.45) is 10.9 Å². The van der Waals surface area contributed by atoms with Crippen LogP contribution in [0.2, 0.25) is 0 Å². The van der Waals surface area contributed by atoms with Crippen molar-refractivity contribution < 1.29 is 10.0 Å². The second kappa shape index (κ2) is 6.38. The maximum atomic E-state index is 12.3. The zero-order chi connectivity index (χ0) is 14.5. The second-order valence-electron chi connectivity index (χ2n) is 4.79. The van der Waals surface area contributed by atoms with Gasteiger partial charge in [0.1, 0.15) is 0 Å². The number of nitrogens with two attached hydrogens (primary N) is 1. The SMILES string of the molecule is CCN1CCN(C(=O)c2ccc(/C(N)=N/O)cc2)CC1. The molecule has 0 aliphatic carbocycles. The number of nitrogens with zero attached hydrogens (tertiary/aromatic N) is 3. The van der Waals surface area contributed by atoms with Crippen molar-refractivity contribution in [2.75, 3.05) is 32.7 Å². The molecule has 20 heavy (non-hydrogen) atoms. The van der Waals surface area contributed by atoms with Gasteiger partial charge in [-0.2, -0.15) is 0 Å². The first-order chi connectivity index (χ1) is 9.65. The molecule has 2 rings (SSSR count). The standard InChI is InChI=1S/C14H20N4O2/c1-2-17-7-9-18(10-8-17)14(19)12-5-3-11(4-6-12)13(15)16-20/h3-6,20H,2,7-10H2,1H3,(H2,15,16). The van der Waals surface area contributed by atoms with Crippen LogP contribution in [0.25, 0.3) is 0 Å². The van der Waals surface area contributed by atoms with Crippen LogP contribution >= 0.6 is 0 Å². The Morgan fingerprint density at radius 2 is 1.75 bits per heavy atom. The first kappa shape index (κ1) is 14.3. The third kappa shape index (κ3) is 3.08. The molecule has 0 radical (unpaired) electrons. The van der Waals surface area contributed by atoms with E-state index in [1.54, 1.807) is 24.3 Å². The fourth-order valence-corrected chi connectivity index (χ4v) is 2.29. The predicted molar refractivity (Wildman–Crippen MR) is 77.0 cm³/mol. The molecule has 0 unspecified atom stereocenters. The van der Waals surface area contributed by atoms with Crippen molar-refractivity contribution >= 4 is 11.7 Å². The third-order valence-electron chi connectivity index (χ3n) is 3.64. The van der Waals surface area contributed by atoms with E-state index in [1.807, 2.05) is 4.90 Å². The highest BCUT2D eigenvalue weighted by Crippen LogP contribution is 2.10. The predicted octanol–water partition coefficient (Wildman–Crippen LogP) is 0.559. The van der Waals surface area contributed by atoms with Crippen LogP contribution in [0, 0.1) is 0 Å². The van der Waals surface area contributed by atoms with Crippen molar-refractivity contribution in [1.82, 2.24) is 9.80 Å². The van der Waals surface area contributed by atoms with Gasteiger partial charge in [0.15, 0.2) is 5.84 Å². The van der Waals surface area contributed by atoms with Crippen molar-refractivity contribution in [1.29, 1.82) is 0 Å². The topological polar surface area (TPSA) is 82.2 Å². The van der Waals surface area contributed by atoms with E-state index in [2.05, 4.69) is 17.0 Å². The van der Waals surface area contributed by atoms with E-state index in [1.165, 1.54) is 0 Å². The molecule has 1 saturated heterocycles. The van der Waals surface area contributed by atoms with Gasteiger partial charge in [-0.3, -0.25) is 4.79 Å². The molecule has 108 valence electrons. The van der Waals surface area contributed by atoms with Gasteiger partial charge in [0.2, 0.25) is 0 Å². The normalized spacial score (nSPS) is 17.2. The molecule has 3 N–H and O–H groups in total. The number of oxime groups is 1. The minimum atomic E-state index is 0.0341. The second-order valence-corrected chi connectivity index (χ2v) is 4.79. The van der Waals surface area contributed by atoms with Crippen LogP contribution in [0.1, 0.15) is 22.8 Å². The molecule has 6 heteroatoms. The number of hydrogen-bond donors (Lipinski definition) is 2. The minimum Gasteiger partial charge on any atom is -0.409 e. The van der Waals surface area contributed by atoms with Gasteiger partial charge in [0.25, 0.3) is 5.91 Å². The molecule has 6 nitrogen and oxygen atoms in total. The zero-order valence-electron chi connectivity index (χ0n) is 11.6.